The van der Waals surface area contributed by atoms with Gasteiger partial charge in [0, 0.05) is 38.4 Å². The van der Waals surface area contributed by atoms with Crippen LogP contribution < -0.4 is 5.73 Å². The maximum atomic E-state index is 6.14. The van der Waals surface area contributed by atoms with E-state index in [9.17, 15) is 0 Å². The summed E-state index contributed by atoms with van der Waals surface area (Å²) < 4.78 is 12.4. The van der Waals surface area contributed by atoms with E-state index in [0.717, 1.165) is 31.5 Å². The normalized spacial score (nSPS) is 12.8. The number of methoxy groups -OCH3 is 1. The van der Waals surface area contributed by atoms with Crippen molar-refractivity contribution in [2.24, 2.45) is 5.73 Å². The Bertz CT molecular complexity index is 352. The molecule has 0 bridgehead atoms. The van der Waals surface area contributed by atoms with E-state index in [1.54, 1.807) is 7.11 Å². The van der Waals surface area contributed by atoms with Gasteiger partial charge in [-0.15, -0.1) is 0 Å². The minimum Gasteiger partial charge on any atom is -0.382 e. The van der Waals surface area contributed by atoms with Crippen molar-refractivity contribution < 1.29 is 9.47 Å². The zero-order valence-electron chi connectivity index (χ0n) is 12.4. The van der Waals surface area contributed by atoms with Crippen molar-refractivity contribution >= 4 is 0 Å². The summed E-state index contributed by atoms with van der Waals surface area (Å²) in [5.41, 5.74) is 8.51. The Labute approximate surface area is 116 Å². The van der Waals surface area contributed by atoms with E-state index in [1.165, 1.54) is 5.69 Å². The zero-order chi connectivity index (χ0) is 14.1. The molecule has 1 rings (SSSR count). The molecule has 1 aromatic heterocycles. The van der Waals surface area contributed by atoms with Crippen molar-refractivity contribution in [3.8, 4) is 0 Å². The smallest absolute Gasteiger partial charge is 0.0700 e. The van der Waals surface area contributed by atoms with Gasteiger partial charge in [-0.25, -0.2) is 0 Å². The van der Waals surface area contributed by atoms with Gasteiger partial charge in [0.15, 0.2) is 0 Å². The van der Waals surface area contributed by atoms with Crippen LogP contribution in [0.4, 0.5) is 0 Å². The van der Waals surface area contributed by atoms with Crippen LogP contribution in [0.1, 0.15) is 31.7 Å². The number of hydrogen-bond acceptors (Lipinski definition) is 4. The number of aromatic nitrogens is 2. The molecule has 0 aliphatic carbocycles. The Morgan fingerprint density at radius 2 is 2.11 bits per heavy atom. The molecular formula is C14H27N3O2. The fraction of sp³-hybridized carbons (Fsp3) is 0.786. The first kappa shape index (κ1) is 16.1. The Morgan fingerprint density at radius 1 is 1.32 bits per heavy atom. The molecule has 1 heterocycles. The van der Waals surface area contributed by atoms with Crippen molar-refractivity contribution in [3.63, 3.8) is 0 Å². The monoisotopic (exact) mass is 269 g/mol. The first-order chi connectivity index (χ1) is 9.21. The van der Waals surface area contributed by atoms with Crippen LogP contribution in [0.25, 0.3) is 0 Å². The molecule has 19 heavy (non-hydrogen) atoms. The lowest BCUT2D eigenvalue weighted by atomic mass is 10.1. The average molecular weight is 269 g/mol. The minimum absolute atomic E-state index is 0.120. The average Bonchev–Trinajstić information content (AvgIpc) is 2.80. The summed E-state index contributed by atoms with van der Waals surface area (Å²) in [6.45, 7) is 7.08. The molecule has 0 aliphatic rings. The van der Waals surface area contributed by atoms with Crippen molar-refractivity contribution in [1.82, 2.24) is 9.78 Å². The number of rotatable bonds is 10. The highest BCUT2D eigenvalue weighted by Crippen LogP contribution is 2.09. The fourth-order valence-electron chi connectivity index (χ4n) is 1.98. The highest BCUT2D eigenvalue weighted by molar-refractivity contribution is 5.11. The Hall–Kier alpha value is -0.910. The summed E-state index contributed by atoms with van der Waals surface area (Å²) in [6, 6.07) is 2.28. The second-order valence-corrected chi connectivity index (χ2v) is 4.65. The maximum Gasteiger partial charge on any atom is 0.0700 e. The van der Waals surface area contributed by atoms with E-state index in [0.29, 0.717) is 19.8 Å². The topological polar surface area (TPSA) is 62.3 Å². The molecule has 5 heteroatoms. The minimum atomic E-state index is 0.120. The van der Waals surface area contributed by atoms with Gasteiger partial charge in [-0.1, -0.05) is 6.92 Å². The first-order valence-electron chi connectivity index (χ1n) is 7.09. The van der Waals surface area contributed by atoms with Gasteiger partial charge in [-0.05, 0) is 25.8 Å². The molecule has 0 saturated carbocycles. The molecule has 110 valence electrons. The van der Waals surface area contributed by atoms with E-state index in [1.807, 2.05) is 4.68 Å². The van der Waals surface area contributed by atoms with Crippen LogP contribution in [0.15, 0.2) is 6.07 Å². The molecule has 0 amide bonds. The third-order valence-corrected chi connectivity index (χ3v) is 3.11. The molecule has 0 spiro atoms. The predicted molar refractivity (Wildman–Crippen MR) is 76.3 cm³/mol. The van der Waals surface area contributed by atoms with Gasteiger partial charge >= 0.3 is 0 Å². The van der Waals surface area contributed by atoms with Gasteiger partial charge < -0.3 is 15.2 Å². The first-order valence-corrected chi connectivity index (χ1v) is 7.09. The van der Waals surface area contributed by atoms with E-state index in [4.69, 9.17) is 15.2 Å². The van der Waals surface area contributed by atoms with Crippen molar-refractivity contribution in [2.75, 3.05) is 26.9 Å². The van der Waals surface area contributed by atoms with Crippen LogP contribution >= 0.6 is 0 Å². The molecule has 2 N–H and O–H groups in total. The Balaban J connectivity index is 2.34. The van der Waals surface area contributed by atoms with Crippen LogP contribution in [0.2, 0.25) is 0 Å². The number of nitrogens with two attached hydrogens (primary N) is 1. The molecule has 0 fully saturated rings. The molecule has 0 aliphatic heterocycles. The summed E-state index contributed by atoms with van der Waals surface area (Å²) in [5.74, 6) is 0. The SMILES string of the molecule is CCc1cc(CC(N)CCOCCOC)n(CC)n1. The van der Waals surface area contributed by atoms with Crippen LogP contribution in [0.5, 0.6) is 0 Å². The molecular weight excluding hydrogens is 242 g/mol. The second-order valence-electron chi connectivity index (χ2n) is 4.65. The highest BCUT2D eigenvalue weighted by atomic mass is 16.5. The van der Waals surface area contributed by atoms with Gasteiger partial charge in [0.05, 0.1) is 18.9 Å². The van der Waals surface area contributed by atoms with E-state index in [-0.39, 0.29) is 6.04 Å². The molecule has 0 saturated heterocycles. The highest BCUT2D eigenvalue weighted by Gasteiger charge is 2.10. The summed E-state index contributed by atoms with van der Waals surface area (Å²) in [6.07, 6.45) is 2.68. The van der Waals surface area contributed by atoms with E-state index in [2.05, 4.69) is 25.0 Å². The van der Waals surface area contributed by atoms with Crippen LogP contribution in [0.3, 0.4) is 0 Å². The third kappa shape index (κ3) is 5.72. The fourth-order valence-corrected chi connectivity index (χ4v) is 1.98. The van der Waals surface area contributed by atoms with Crippen LogP contribution in [-0.4, -0.2) is 42.8 Å². The number of aryl methyl sites for hydroxylation is 2. The summed E-state index contributed by atoms with van der Waals surface area (Å²) in [7, 11) is 1.67. The molecule has 0 aromatic carbocycles. The number of nitrogens with zero attached hydrogens (tertiary/aromatic N) is 2. The summed E-state index contributed by atoms with van der Waals surface area (Å²) in [5, 5.41) is 4.53. The van der Waals surface area contributed by atoms with Crippen molar-refractivity contribution in [3.05, 3.63) is 17.5 Å². The number of hydrogen-bond donors (Lipinski definition) is 1. The lowest BCUT2D eigenvalue weighted by molar-refractivity contribution is 0.0671. The standard InChI is InChI=1S/C14H27N3O2/c1-4-13-11-14(17(5-2)16-13)10-12(15)6-7-19-9-8-18-3/h11-12H,4-10,15H2,1-3H3. The molecule has 1 atom stereocenters. The van der Waals surface area contributed by atoms with Crippen molar-refractivity contribution in [2.45, 2.75) is 45.7 Å². The van der Waals surface area contributed by atoms with Gasteiger partial charge in [-0.2, -0.15) is 5.10 Å². The molecule has 0 radical (unpaired) electrons. The summed E-state index contributed by atoms with van der Waals surface area (Å²) in [4.78, 5) is 0. The largest absolute Gasteiger partial charge is 0.382 e. The second kappa shape index (κ2) is 9.07. The van der Waals surface area contributed by atoms with Crippen LogP contribution in [-0.2, 0) is 28.9 Å². The molecule has 5 nitrogen and oxygen atoms in total. The van der Waals surface area contributed by atoms with Crippen molar-refractivity contribution in [1.29, 1.82) is 0 Å². The zero-order valence-corrected chi connectivity index (χ0v) is 12.4. The van der Waals surface area contributed by atoms with Crippen LogP contribution in [0, 0.1) is 0 Å². The quantitative estimate of drug-likeness (QED) is 0.652. The Kier molecular flexibility index (Phi) is 7.70. The summed E-state index contributed by atoms with van der Waals surface area (Å²) >= 11 is 0. The van der Waals surface area contributed by atoms with Gasteiger partial charge in [0.2, 0.25) is 0 Å². The predicted octanol–water partition coefficient (Wildman–Crippen LogP) is 1.39. The Morgan fingerprint density at radius 3 is 2.74 bits per heavy atom. The number of ether oxygens (including phenoxy) is 2. The lowest BCUT2D eigenvalue weighted by Crippen LogP contribution is -2.26. The van der Waals surface area contributed by atoms with Gasteiger partial charge in [0.25, 0.3) is 0 Å². The van der Waals surface area contributed by atoms with E-state index >= 15 is 0 Å². The van der Waals surface area contributed by atoms with Gasteiger partial charge in [-0.3, -0.25) is 4.68 Å². The van der Waals surface area contributed by atoms with Gasteiger partial charge in [0.1, 0.15) is 0 Å². The molecule has 1 unspecified atom stereocenters. The molecule has 1 aromatic rings. The third-order valence-electron chi connectivity index (χ3n) is 3.11. The van der Waals surface area contributed by atoms with E-state index < -0.39 is 0 Å². The maximum absolute atomic E-state index is 6.14. The lowest BCUT2D eigenvalue weighted by Gasteiger charge is -2.12.